The molecule has 0 bridgehead atoms. The molecule has 136 valence electrons. The molecule has 0 heterocycles. The van der Waals surface area contributed by atoms with Crippen LogP contribution in [0.1, 0.15) is 66.7 Å². The van der Waals surface area contributed by atoms with E-state index in [9.17, 15) is 0 Å². The van der Waals surface area contributed by atoms with Crippen molar-refractivity contribution in [2.45, 2.75) is 51.0 Å². The Morgan fingerprint density at radius 2 is 1.42 bits per heavy atom. The highest BCUT2D eigenvalue weighted by molar-refractivity contribution is 5.49. The van der Waals surface area contributed by atoms with Gasteiger partial charge in [0.05, 0.1) is 13.2 Å². The summed E-state index contributed by atoms with van der Waals surface area (Å²) in [5.74, 6) is 1.43. The lowest BCUT2D eigenvalue weighted by atomic mass is 9.76. The second kappa shape index (κ2) is 9.54. The second-order valence-electron chi connectivity index (χ2n) is 7.26. The van der Waals surface area contributed by atoms with Gasteiger partial charge < -0.3 is 4.74 Å². The Bertz CT molecular complexity index is 701. The van der Waals surface area contributed by atoms with E-state index in [4.69, 9.17) is 4.74 Å². The zero-order valence-corrected chi connectivity index (χ0v) is 15.9. The first kappa shape index (κ1) is 18.7. The van der Waals surface area contributed by atoms with Crippen LogP contribution in [0, 0.1) is 0 Å². The quantitative estimate of drug-likeness (QED) is 0.393. The predicted octanol–water partition coefficient (Wildman–Crippen LogP) is 6.86. The van der Waals surface area contributed by atoms with Crippen LogP contribution < -0.4 is 0 Å². The SMILES string of the molecule is C=CCOCc1ccc([C@H]2CC[C@H](c3ccc(/C=C\C)cc3)CC2)cc1. The van der Waals surface area contributed by atoms with Crippen LogP contribution in [0.4, 0.5) is 0 Å². The van der Waals surface area contributed by atoms with Gasteiger partial charge in [-0.05, 0) is 66.7 Å². The highest BCUT2D eigenvalue weighted by Gasteiger charge is 2.23. The number of ether oxygens (including phenoxy) is 1. The van der Waals surface area contributed by atoms with Gasteiger partial charge in [0.15, 0.2) is 0 Å². The Balaban J connectivity index is 1.53. The number of hydrogen-bond donors (Lipinski definition) is 0. The van der Waals surface area contributed by atoms with Crippen LogP contribution >= 0.6 is 0 Å². The van der Waals surface area contributed by atoms with Crippen molar-refractivity contribution in [3.8, 4) is 0 Å². The fourth-order valence-electron chi connectivity index (χ4n) is 3.98. The maximum atomic E-state index is 5.52. The first-order valence-electron chi connectivity index (χ1n) is 9.80. The third-order valence-electron chi connectivity index (χ3n) is 5.45. The Morgan fingerprint density at radius 1 is 0.885 bits per heavy atom. The minimum absolute atomic E-state index is 0.613. The van der Waals surface area contributed by atoms with Crippen LogP contribution in [-0.2, 0) is 11.3 Å². The molecular formula is C25H30O. The molecule has 0 radical (unpaired) electrons. The van der Waals surface area contributed by atoms with Gasteiger partial charge in [0, 0.05) is 0 Å². The van der Waals surface area contributed by atoms with Crippen LogP contribution in [0.3, 0.4) is 0 Å². The molecular weight excluding hydrogens is 316 g/mol. The summed E-state index contributed by atoms with van der Waals surface area (Å²) in [5, 5.41) is 0. The van der Waals surface area contributed by atoms with Crippen LogP contribution in [0.2, 0.25) is 0 Å². The molecule has 26 heavy (non-hydrogen) atoms. The van der Waals surface area contributed by atoms with E-state index in [-0.39, 0.29) is 0 Å². The molecule has 1 nitrogen and oxygen atoms in total. The van der Waals surface area contributed by atoms with Gasteiger partial charge >= 0.3 is 0 Å². The van der Waals surface area contributed by atoms with E-state index in [1.165, 1.54) is 47.9 Å². The van der Waals surface area contributed by atoms with Gasteiger partial charge in [-0.15, -0.1) is 6.58 Å². The average molecular weight is 347 g/mol. The lowest BCUT2D eigenvalue weighted by Crippen LogP contribution is -2.12. The lowest BCUT2D eigenvalue weighted by Gasteiger charge is -2.29. The Labute approximate surface area is 158 Å². The average Bonchev–Trinajstić information content (AvgIpc) is 2.70. The maximum absolute atomic E-state index is 5.52. The molecule has 2 aromatic rings. The normalized spacial score (nSPS) is 20.3. The first-order chi connectivity index (χ1) is 12.8. The van der Waals surface area contributed by atoms with Gasteiger partial charge in [0.25, 0.3) is 0 Å². The van der Waals surface area contributed by atoms with Crippen molar-refractivity contribution in [3.63, 3.8) is 0 Å². The largest absolute Gasteiger partial charge is 0.373 e. The number of hydrogen-bond acceptors (Lipinski definition) is 1. The molecule has 0 aliphatic heterocycles. The second-order valence-corrected chi connectivity index (χ2v) is 7.26. The number of allylic oxidation sites excluding steroid dienone is 1. The van der Waals surface area contributed by atoms with Crippen LogP contribution in [-0.4, -0.2) is 6.61 Å². The monoisotopic (exact) mass is 346 g/mol. The molecule has 0 N–H and O–H groups in total. The van der Waals surface area contributed by atoms with Crippen molar-refractivity contribution in [1.29, 1.82) is 0 Å². The molecule has 0 atom stereocenters. The molecule has 1 saturated carbocycles. The summed E-state index contributed by atoms with van der Waals surface area (Å²) in [5.41, 5.74) is 5.53. The topological polar surface area (TPSA) is 9.23 Å². The maximum Gasteiger partial charge on any atom is 0.0721 e. The molecule has 3 rings (SSSR count). The van der Waals surface area contributed by atoms with E-state index in [2.05, 4.69) is 74.2 Å². The number of rotatable bonds is 7. The van der Waals surface area contributed by atoms with E-state index < -0.39 is 0 Å². The minimum atomic E-state index is 0.613. The van der Waals surface area contributed by atoms with E-state index in [1.807, 2.05) is 0 Å². The van der Waals surface area contributed by atoms with Crippen molar-refractivity contribution < 1.29 is 4.74 Å². The predicted molar refractivity (Wildman–Crippen MR) is 111 cm³/mol. The first-order valence-corrected chi connectivity index (χ1v) is 9.80. The van der Waals surface area contributed by atoms with Crippen molar-refractivity contribution in [3.05, 3.63) is 89.5 Å². The van der Waals surface area contributed by atoms with Gasteiger partial charge in [-0.25, -0.2) is 0 Å². The molecule has 0 aromatic heterocycles. The zero-order chi connectivity index (χ0) is 18.2. The summed E-state index contributed by atoms with van der Waals surface area (Å²) in [6.45, 7) is 7.03. The van der Waals surface area contributed by atoms with Crippen molar-refractivity contribution >= 4 is 6.08 Å². The molecule has 0 unspecified atom stereocenters. The van der Waals surface area contributed by atoms with Crippen LogP contribution in [0.5, 0.6) is 0 Å². The lowest BCUT2D eigenvalue weighted by molar-refractivity contribution is 0.149. The fourth-order valence-corrected chi connectivity index (χ4v) is 3.98. The van der Waals surface area contributed by atoms with Crippen LogP contribution in [0.15, 0.2) is 67.3 Å². The van der Waals surface area contributed by atoms with Crippen molar-refractivity contribution in [1.82, 2.24) is 0 Å². The van der Waals surface area contributed by atoms with E-state index in [0.29, 0.717) is 19.1 Å². The fraction of sp³-hybridized carbons (Fsp3) is 0.360. The van der Waals surface area contributed by atoms with Crippen molar-refractivity contribution in [2.75, 3.05) is 6.61 Å². The molecule has 1 fully saturated rings. The Morgan fingerprint density at radius 3 is 1.92 bits per heavy atom. The van der Waals surface area contributed by atoms with Gasteiger partial charge in [-0.1, -0.05) is 66.8 Å². The minimum Gasteiger partial charge on any atom is -0.373 e. The summed E-state index contributed by atoms with van der Waals surface area (Å²) in [6, 6.07) is 18.1. The molecule has 1 heteroatoms. The molecule has 0 spiro atoms. The van der Waals surface area contributed by atoms with Gasteiger partial charge in [0.2, 0.25) is 0 Å². The summed E-state index contributed by atoms with van der Waals surface area (Å²) < 4.78 is 5.52. The Kier molecular flexibility index (Phi) is 6.85. The molecule has 1 aliphatic rings. The summed E-state index contributed by atoms with van der Waals surface area (Å²) in [6.07, 6.45) is 11.2. The third kappa shape index (κ3) is 4.95. The third-order valence-corrected chi connectivity index (χ3v) is 5.45. The molecule has 1 aliphatic carbocycles. The highest BCUT2D eigenvalue weighted by atomic mass is 16.5. The van der Waals surface area contributed by atoms with E-state index in [0.717, 1.165) is 5.92 Å². The van der Waals surface area contributed by atoms with Gasteiger partial charge in [-0.2, -0.15) is 0 Å². The van der Waals surface area contributed by atoms with Gasteiger partial charge in [-0.3, -0.25) is 0 Å². The molecule has 0 amide bonds. The summed E-state index contributed by atoms with van der Waals surface area (Å²) in [7, 11) is 0. The standard InChI is InChI=1S/C25H30O/c1-3-5-20-6-10-22(11-7-20)24-14-16-25(17-15-24)23-12-8-21(9-13-23)19-26-18-4-2/h3-13,24-25H,2,14-19H2,1H3/b5-3-/t24-,25-. The highest BCUT2D eigenvalue weighted by Crippen LogP contribution is 2.40. The zero-order valence-electron chi connectivity index (χ0n) is 15.9. The van der Waals surface area contributed by atoms with E-state index >= 15 is 0 Å². The van der Waals surface area contributed by atoms with Gasteiger partial charge in [0.1, 0.15) is 0 Å². The number of benzene rings is 2. The molecule has 0 saturated heterocycles. The van der Waals surface area contributed by atoms with E-state index in [1.54, 1.807) is 6.08 Å². The smallest absolute Gasteiger partial charge is 0.0721 e. The molecule has 2 aromatic carbocycles. The Hall–Kier alpha value is -2.12. The van der Waals surface area contributed by atoms with Crippen molar-refractivity contribution in [2.24, 2.45) is 0 Å². The summed E-state index contributed by atoms with van der Waals surface area (Å²) in [4.78, 5) is 0. The van der Waals surface area contributed by atoms with Crippen LogP contribution in [0.25, 0.3) is 6.08 Å². The summed E-state index contributed by atoms with van der Waals surface area (Å²) >= 11 is 0.